The largest absolute Gasteiger partial charge is 0.485 e. The van der Waals surface area contributed by atoms with Crippen LogP contribution in [-0.2, 0) is 0 Å². The molecule has 110 valence electrons. The van der Waals surface area contributed by atoms with E-state index in [2.05, 4.69) is 0 Å². The first-order chi connectivity index (χ1) is 9.95. The molecule has 0 saturated carbocycles. The summed E-state index contributed by atoms with van der Waals surface area (Å²) in [7, 11) is 0. The zero-order valence-electron chi connectivity index (χ0n) is 10.7. The quantitative estimate of drug-likeness (QED) is 0.642. The third kappa shape index (κ3) is 2.47. The molecule has 1 aliphatic rings. The summed E-state index contributed by atoms with van der Waals surface area (Å²) in [5, 5.41) is 0. The van der Waals surface area contributed by atoms with E-state index in [0.717, 1.165) is 12.1 Å². The Hall–Kier alpha value is -2.08. The minimum Gasteiger partial charge on any atom is -0.485 e. The Bertz CT molecular complexity index is 704. The zero-order valence-corrected chi connectivity index (χ0v) is 10.7. The van der Waals surface area contributed by atoms with E-state index in [9.17, 15) is 17.6 Å². The van der Waals surface area contributed by atoms with Gasteiger partial charge in [0.15, 0.2) is 11.6 Å². The molecule has 0 fully saturated rings. The van der Waals surface area contributed by atoms with E-state index in [1.165, 1.54) is 12.1 Å². The van der Waals surface area contributed by atoms with Crippen LogP contribution in [0.25, 0.3) is 0 Å². The Morgan fingerprint density at radius 2 is 1.62 bits per heavy atom. The highest BCUT2D eigenvalue weighted by molar-refractivity contribution is 5.39. The molecule has 3 rings (SSSR count). The van der Waals surface area contributed by atoms with Crippen LogP contribution in [-0.4, -0.2) is 0 Å². The molecule has 1 heterocycles. The van der Waals surface area contributed by atoms with E-state index in [0.29, 0.717) is 11.6 Å². The van der Waals surface area contributed by atoms with Crippen molar-refractivity contribution in [3.63, 3.8) is 0 Å². The number of hydrogen-bond donors (Lipinski definition) is 1. The van der Waals surface area contributed by atoms with E-state index in [4.69, 9.17) is 10.5 Å². The van der Waals surface area contributed by atoms with Gasteiger partial charge in [0.25, 0.3) is 0 Å². The summed E-state index contributed by atoms with van der Waals surface area (Å²) in [6, 6.07) is 4.58. The van der Waals surface area contributed by atoms with E-state index >= 15 is 0 Å². The summed E-state index contributed by atoms with van der Waals surface area (Å²) in [5.74, 6) is -3.71. The topological polar surface area (TPSA) is 35.2 Å². The third-order valence-corrected chi connectivity index (χ3v) is 3.50. The van der Waals surface area contributed by atoms with Gasteiger partial charge in [0, 0.05) is 35.7 Å². The molecule has 0 spiro atoms. The number of ether oxygens (including phenoxy) is 1. The average molecular weight is 297 g/mol. The molecule has 0 bridgehead atoms. The highest BCUT2D eigenvalue weighted by Crippen LogP contribution is 2.40. The minimum atomic E-state index is -1.28. The van der Waals surface area contributed by atoms with Crippen molar-refractivity contribution in [1.29, 1.82) is 0 Å². The molecule has 2 atom stereocenters. The summed E-state index contributed by atoms with van der Waals surface area (Å²) in [4.78, 5) is 0. The van der Waals surface area contributed by atoms with Gasteiger partial charge in [-0.1, -0.05) is 6.07 Å². The van der Waals surface area contributed by atoms with Crippen LogP contribution < -0.4 is 10.5 Å². The molecule has 2 N–H and O–H groups in total. The SMILES string of the molecule is N[C@H]1CC(c2cc(F)c(F)cc2F)Oc2cc(F)ccc21. The van der Waals surface area contributed by atoms with Crippen LogP contribution in [0.3, 0.4) is 0 Å². The summed E-state index contributed by atoms with van der Waals surface area (Å²) < 4.78 is 58.8. The maximum atomic E-state index is 13.8. The Balaban J connectivity index is 2.01. The zero-order chi connectivity index (χ0) is 15.1. The first-order valence-corrected chi connectivity index (χ1v) is 6.32. The third-order valence-electron chi connectivity index (χ3n) is 3.50. The molecule has 2 nitrogen and oxygen atoms in total. The molecule has 2 aromatic rings. The molecule has 0 aromatic heterocycles. The first-order valence-electron chi connectivity index (χ1n) is 6.32. The molecule has 0 aliphatic carbocycles. The van der Waals surface area contributed by atoms with Gasteiger partial charge in [-0.15, -0.1) is 0 Å². The fourth-order valence-corrected chi connectivity index (χ4v) is 2.45. The van der Waals surface area contributed by atoms with Gasteiger partial charge in [-0.25, -0.2) is 17.6 Å². The molecule has 21 heavy (non-hydrogen) atoms. The van der Waals surface area contributed by atoms with Gasteiger partial charge in [-0.05, 0) is 12.1 Å². The Morgan fingerprint density at radius 1 is 0.905 bits per heavy atom. The van der Waals surface area contributed by atoms with Gasteiger partial charge in [0.2, 0.25) is 0 Å². The molecule has 1 aliphatic heterocycles. The smallest absolute Gasteiger partial charge is 0.161 e. The number of rotatable bonds is 1. The van der Waals surface area contributed by atoms with Crippen LogP contribution in [0.1, 0.15) is 29.7 Å². The van der Waals surface area contributed by atoms with Gasteiger partial charge >= 0.3 is 0 Å². The normalized spacial score (nSPS) is 20.8. The van der Waals surface area contributed by atoms with Crippen LogP contribution in [0, 0.1) is 23.3 Å². The van der Waals surface area contributed by atoms with Crippen LogP contribution >= 0.6 is 0 Å². The maximum absolute atomic E-state index is 13.8. The second kappa shape index (κ2) is 5.04. The van der Waals surface area contributed by atoms with Crippen LogP contribution in [0.15, 0.2) is 30.3 Å². The maximum Gasteiger partial charge on any atom is 0.161 e. The molecule has 6 heteroatoms. The number of benzene rings is 2. The van der Waals surface area contributed by atoms with Crippen LogP contribution in [0.2, 0.25) is 0 Å². The lowest BCUT2D eigenvalue weighted by atomic mass is 9.93. The van der Waals surface area contributed by atoms with Crippen molar-refractivity contribution in [2.75, 3.05) is 0 Å². The number of fused-ring (bicyclic) bond motifs is 1. The molecular formula is C15H11F4NO. The van der Waals surface area contributed by atoms with Crippen molar-refractivity contribution in [2.45, 2.75) is 18.6 Å². The summed E-state index contributed by atoms with van der Waals surface area (Å²) in [6.45, 7) is 0. The van der Waals surface area contributed by atoms with Crippen molar-refractivity contribution in [1.82, 2.24) is 0 Å². The van der Waals surface area contributed by atoms with Crippen LogP contribution in [0.4, 0.5) is 17.6 Å². The molecule has 0 amide bonds. The fraction of sp³-hybridized carbons (Fsp3) is 0.200. The highest BCUT2D eigenvalue weighted by atomic mass is 19.2. The predicted molar refractivity (Wildman–Crippen MR) is 67.6 cm³/mol. The molecule has 0 saturated heterocycles. The predicted octanol–water partition coefficient (Wildman–Crippen LogP) is 3.77. The Kier molecular flexibility index (Phi) is 3.33. The lowest BCUT2D eigenvalue weighted by Gasteiger charge is -2.30. The van der Waals surface area contributed by atoms with E-state index < -0.39 is 35.4 Å². The van der Waals surface area contributed by atoms with Gasteiger partial charge in [0.1, 0.15) is 23.5 Å². The fourth-order valence-electron chi connectivity index (χ4n) is 2.45. The van der Waals surface area contributed by atoms with Crippen molar-refractivity contribution in [2.24, 2.45) is 5.73 Å². The van der Waals surface area contributed by atoms with Crippen LogP contribution in [0.5, 0.6) is 5.75 Å². The Morgan fingerprint density at radius 3 is 2.38 bits per heavy atom. The van der Waals surface area contributed by atoms with Gasteiger partial charge in [-0.3, -0.25) is 0 Å². The summed E-state index contributed by atoms with van der Waals surface area (Å²) in [6.07, 6.45) is -0.718. The first kappa shape index (κ1) is 13.9. The van der Waals surface area contributed by atoms with Gasteiger partial charge in [-0.2, -0.15) is 0 Å². The summed E-state index contributed by atoms with van der Waals surface area (Å²) >= 11 is 0. The van der Waals surface area contributed by atoms with E-state index in [-0.39, 0.29) is 17.7 Å². The monoisotopic (exact) mass is 297 g/mol. The van der Waals surface area contributed by atoms with Gasteiger partial charge < -0.3 is 10.5 Å². The van der Waals surface area contributed by atoms with Crippen molar-refractivity contribution < 1.29 is 22.3 Å². The number of nitrogens with two attached hydrogens (primary N) is 1. The minimum absolute atomic E-state index is 0.140. The van der Waals surface area contributed by atoms with Crippen molar-refractivity contribution in [3.8, 4) is 5.75 Å². The average Bonchev–Trinajstić information content (AvgIpc) is 2.42. The van der Waals surface area contributed by atoms with E-state index in [1.807, 2.05) is 0 Å². The second-order valence-electron chi connectivity index (χ2n) is 4.92. The molecule has 1 unspecified atom stereocenters. The van der Waals surface area contributed by atoms with E-state index in [1.54, 1.807) is 0 Å². The highest BCUT2D eigenvalue weighted by Gasteiger charge is 2.30. The molecule has 2 aromatic carbocycles. The second-order valence-corrected chi connectivity index (χ2v) is 4.92. The lowest BCUT2D eigenvalue weighted by molar-refractivity contribution is 0.156. The summed E-state index contributed by atoms with van der Waals surface area (Å²) in [5.41, 5.74) is 6.40. The Labute approximate surface area is 118 Å². The van der Waals surface area contributed by atoms with Gasteiger partial charge in [0.05, 0.1) is 0 Å². The standard InChI is InChI=1S/C15H11F4NO/c16-7-1-2-8-13(20)6-15(21-14(8)3-7)9-4-11(18)12(19)5-10(9)17/h1-5,13,15H,6,20H2/t13-,15?/m0/s1. The number of halogens is 4. The van der Waals surface area contributed by atoms with Crippen molar-refractivity contribution >= 4 is 0 Å². The number of hydrogen-bond acceptors (Lipinski definition) is 2. The molecule has 0 radical (unpaired) electrons. The molecular weight excluding hydrogens is 286 g/mol. The van der Waals surface area contributed by atoms with Crippen molar-refractivity contribution in [3.05, 3.63) is 64.7 Å². The lowest BCUT2D eigenvalue weighted by Crippen LogP contribution is -2.25.